The molecule has 0 atom stereocenters. The zero-order valence-electron chi connectivity index (χ0n) is 13.4. The van der Waals surface area contributed by atoms with Gasteiger partial charge in [0.05, 0.1) is 16.2 Å². The number of carbonyl (C=O) groups is 1. The molecule has 0 unspecified atom stereocenters. The van der Waals surface area contributed by atoms with Crippen LogP contribution in [0.1, 0.15) is 11.1 Å². The van der Waals surface area contributed by atoms with Crippen LogP contribution in [0.3, 0.4) is 0 Å². The summed E-state index contributed by atoms with van der Waals surface area (Å²) in [4.78, 5) is 15.3. The Morgan fingerprint density at radius 3 is 2.46 bits per heavy atom. The van der Waals surface area contributed by atoms with Gasteiger partial charge in [-0.1, -0.05) is 42.2 Å². The number of thiocarbonyl (C=S) groups is 1. The van der Waals surface area contributed by atoms with Crippen LogP contribution in [0.2, 0.25) is 0 Å². The van der Waals surface area contributed by atoms with Crippen molar-refractivity contribution in [2.45, 2.75) is 11.1 Å². The van der Waals surface area contributed by atoms with Gasteiger partial charge in [0.2, 0.25) is 0 Å². The van der Waals surface area contributed by atoms with Gasteiger partial charge in [0.1, 0.15) is 0 Å². The van der Waals surface area contributed by atoms with E-state index < -0.39 is 17.6 Å². The third kappa shape index (κ3) is 3.97. The average Bonchev–Trinajstić information content (AvgIpc) is 2.88. The number of hydrogen-bond acceptors (Lipinski definition) is 4. The van der Waals surface area contributed by atoms with Crippen LogP contribution in [0.25, 0.3) is 6.08 Å². The molecular formula is C18H12F3NOS3. The SMILES string of the molecule is CSc1ccc(/C=C2/SC(=S)N(c3cccc(C(F)(F)F)c3)C2=O)cc1. The minimum absolute atomic E-state index is 0.114. The number of alkyl halides is 3. The molecular weight excluding hydrogens is 399 g/mol. The molecule has 2 aromatic carbocycles. The predicted molar refractivity (Wildman–Crippen MR) is 105 cm³/mol. The minimum Gasteiger partial charge on any atom is -0.268 e. The molecule has 1 heterocycles. The Morgan fingerprint density at radius 2 is 1.85 bits per heavy atom. The van der Waals surface area contributed by atoms with Crippen molar-refractivity contribution in [2.75, 3.05) is 11.2 Å². The van der Waals surface area contributed by atoms with E-state index in [1.165, 1.54) is 12.1 Å². The fourth-order valence-electron chi connectivity index (χ4n) is 2.36. The molecule has 3 rings (SSSR count). The summed E-state index contributed by atoms with van der Waals surface area (Å²) < 4.78 is 39.0. The summed E-state index contributed by atoms with van der Waals surface area (Å²) in [6.45, 7) is 0. The van der Waals surface area contributed by atoms with Crippen molar-refractivity contribution in [2.24, 2.45) is 0 Å². The van der Waals surface area contributed by atoms with E-state index in [9.17, 15) is 18.0 Å². The highest BCUT2D eigenvalue weighted by atomic mass is 32.2. The molecule has 1 saturated heterocycles. The van der Waals surface area contributed by atoms with Crippen LogP contribution in [-0.4, -0.2) is 16.5 Å². The summed E-state index contributed by atoms with van der Waals surface area (Å²) in [6, 6.07) is 12.2. The summed E-state index contributed by atoms with van der Waals surface area (Å²) in [7, 11) is 0. The molecule has 0 N–H and O–H groups in total. The van der Waals surface area contributed by atoms with Crippen LogP contribution in [0.5, 0.6) is 0 Å². The van der Waals surface area contributed by atoms with Gasteiger partial charge in [-0.25, -0.2) is 0 Å². The van der Waals surface area contributed by atoms with Crippen LogP contribution in [0.15, 0.2) is 58.3 Å². The number of anilines is 1. The number of thioether (sulfide) groups is 2. The normalized spacial score (nSPS) is 16.6. The first-order chi connectivity index (χ1) is 12.3. The summed E-state index contributed by atoms with van der Waals surface area (Å²) in [5.41, 5.74) is 0.122. The third-order valence-electron chi connectivity index (χ3n) is 3.64. The first-order valence-corrected chi connectivity index (χ1v) is 9.84. The van der Waals surface area contributed by atoms with Crippen molar-refractivity contribution in [3.8, 4) is 0 Å². The first kappa shape index (κ1) is 19.0. The van der Waals surface area contributed by atoms with E-state index in [4.69, 9.17) is 12.2 Å². The topological polar surface area (TPSA) is 20.3 Å². The summed E-state index contributed by atoms with van der Waals surface area (Å²) in [5, 5.41) is 0. The van der Waals surface area contributed by atoms with Gasteiger partial charge < -0.3 is 0 Å². The second kappa shape index (κ2) is 7.46. The van der Waals surface area contributed by atoms with Gasteiger partial charge in [-0.2, -0.15) is 13.2 Å². The molecule has 1 aliphatic rings. The maximum Gasteiger partial charge on any atom is 0.416 e. The van der Waals surface area contributed by atoms with Gasteiger partial charge in [0, 0.05) is 4.90 Å². The maximum atomic E-state index is 12.9. The highest BCUT2D eigenvalue weighted by Crippen LogP contribution is 2.38. The second-order valence-electron chi connectivity index (χ2n) is 5.34. The number of rotatable bonds is 3. The molecule has 0 spiro atoms. The molecule has 26 heavy (non-hydrogen) atoms. The van der Waals surface area contributed by atoms with Crippen LogP contribution >= 0.6 is 35.7 Å². The van der Waals surface area contributed by atoms with Crippen LogP contribution in [0, 0.1) is 0 Å². The van der Waals surface area contributed by atoms with E-state index in [0.717, 1.165) is 39.3 Å². The van der Waals surface area contributed by atoms with E-state index >= 15 is 0 Å². The summed E-state index contributed by atoms with van der Waals surface area (Å²) in [5.74, 6) is -0.423. The van der Waals surface area contributed by atoms with Crippen molar-refractivity contribution in [3.63, 3.8) is 0 Å². The van der Waals surface area contributed by atoms with Gasteiger partial charge in [-0.15, -0.1) is 11.8 Å². The van der Waals surface area contributed by atoms with Crippen molar-refractivity contribution in [3.05, 3.63) is 64.6 Å². The number of hydrogen-bond donors (Lipinski definition) is 0. The lowest BCUT2D eigenvalue weighted by Crippen LogP contribution is -2.27. The lowest BCUT2D eigenvalue weighted by molar-refractivity contribution is -0.137. The zero-order valence-corrected chi connectivity index (χ0v) is 15.9. The molecule has 2 aromatic rings. The van der Waals surface area contributed by atoms with Crippen LogP contribution < -0.4 is 4.90 Å². The Kier molecular flexibility index (Phi) is 5.45. The molecule has 0 radical (unpaired) electrons. The molecule has 0 bridgehead atoms. The van der Waals surface area contributed by atoms with Gasteiger partial charge in [0.15, 0.2) is 4.32 Å². The summed E-state index contributed by atoms with van der Waals surface area (Å²) >= 11 is 7.90. The predicted octanol–water partition coefficient (Wildman–Crippen LogP) is 5.83. The average molecular weight is 411 g/mol. The fourth-order valence-corrected chi connectivity index (χ4v) is 4.07. The fraction of sp³-hybridized carbons (Fsp3) is 0.111. The van der Waals surface area contributed by atoms with Crippen molar-refractivity contribution in [1.82, 2.24) is 0 Å². The van der Waals surface area contributed by atoms with Crippen molar-refractivity contribution < 1.29 is 18.0 Å². The molecule has 1 aliphatic heterocycles. The lowest BCUT2D eigenvalue weighted by Gasteiger charge is -2.16. The van der Waals surface area contributed by atoms with Crippen LogP contribution in [0.4, 0.5) is 18.9 Å². The first-order valence-electron chi connectivity index (χ1n) is 7.39. The standard InChI is InChI=1S/C18H12F3NOS3/c1-25-14-7-5-11(6-8-14)9-15-16(23)22(17(24)26-15)13-4-2-3-12(10-13)18(19,20)21/h2-10H,1H3/b15-9+. The van der Waals surface area contributed by atoms with Crippen LogP contribution in [-0.2, 0) is 11.0 Å². The Morgan fingerprint density at radius 1 is 1.15 bits per heavy atom. The van der Waals surface area contributed by atoms with Gasteiger partial charge >= 0.3 is 6.18 Å². The van der Waals surface area contributed by atoms with E-state index in [-0.39, 0.29) is 10.0 Å². The molecule has 8 heteroatoms. The van der Waals surface area contributed by atoms with E-state index in [1.54, 1.807) is 17.8 Å². The van der Waals surface area contributed by atoms with Gasteiger partial charge in [0.25, 0.3) is 5.91 Å². The highest BCUT2D eigenvalue weighted by Gasteiger charge is 2.36. The molecule has 0 aliphatic carbocycles. The maximum absolute atomic E-state index is 12.9. The summed E-state index contributed by atoms with van der Waals surface area (Å²) in [6.07, 6.45) is -0.822. The molecule has 1 fully saturated rings. The van der Waals surface area contributed by atoms with E-state index in [1.807, 2.05) is 30.5 Å². The molecule has 0 saturated carbocycles. The molecule has 2 nitrogen and oxygen atoms in total. The second-order valence-corrected chi connectivity index (χ2v) is 7.89. The number of carbonyl (C=O) groups excluding carboxylic acids is 1. The Labute approximate surface area is 162 Å². The van der Waals surface area contributed by atoms with E-state index in [2.05, 4.69) is 0 Å². The monoisotopic (exact) mass is 411 g/mol. The minimum atomic E-state index is -4.48. The quantitative estimate of drug-likeness (QED) is 0.359. The highest BCUT2D eigenvalue weighted by molar-refractivity contribution is 8.27. The number of nitrogens with zero attached hydrogens (tertiary/aromatic N) is 1. The third-order valence-corrected chi connectivity index (χ3v) is 5.68. The Hall–Kier alpha value is -1.77. The van der Waals surface area contributed by atoms with Gasteiger partial charge in [-0.3, -0.25) is 9.69 Å². The van der Waals surface area contributed by atoms with Gasteiger partial charge in [-0.05, 0) is 48.2 Å². The lowest BCUT2D eigenvalue weighted by atomic mass is 10.1. The molecule has 134 valence electrons. The Bertz CT molecular complexity index is 891. The van der Waals surface area contributed by atoms with Crippen molar-refractivity contribution >= 4 is 57.7 Å². The zero-order chi connectivity index (χ0) is 18.9. The van der Waals surface area contributed by atoms with Crippen molar-refractivity contribution in [1.29, 1.82) is 0 Å². The number of amides is 1. The smallest absolute Gasteiger partial charge is 0.268 e. The molecule has 1 amide bonds. The number of halogens is 3. The number of benzene rings is 2. The van der Waals surface area contributed by atoms with E-state index in [0.29, 0.717) is 4.91 Å². The molecule has 0 aromatic heterocycles. The largest absolute Gasteiger partial charge is 0.416 e. The Balaban J connectivity index is 1.90.